The van der Waals surface area contributed by atoms with Gasteiger partial charge in [0.25, 0.3) is 11.5 Å². The summed E-state index contributed by atoms with van der Waals surface area (Å²) in [7, 11) is 1.61. The average Bonchev–Trinajstić information content (AvgIpc) is 3.75. The van der Waals surface area contributed by atoms with Crippen LogP contribution in [0.25, 0.3) is 0 Å². The van der Waals surface area contributed by atoms with Gasteiger partial charge in [-0.25, -0.2) is 14.8 Å². The Morgan fingerprint density at radius 1 is 1.11 bits per heavy atom. The maximum atomic E-state index is 13.2. The summed E-state index contributed by atoms with van der Waals surface area (Å²) in [6.07, 6.45) is 7.12. The molecule has 10 nitrogen and oxygen atoms in total. The summed E-state index contributed by atoms with van der Waals surface area (Å²) in [4.78, 5) is 52.4. The van der Waals surface area contributed by atoms with E-state index in [1.54, 1.807) is 49.2 Å². The highest BCUT2D eigenvalue weighted by molar-refractivity contribution is 6.04. The Labute approximate surface area is 221 Å². The molecule has 1 fully saturated rings. The SMILES string of the molecule is CCCC(=Nc1c(C)c(=O)n(C2CC2)c(=O)n1CCC)c1ccc(C(=O)Nc2ccc(COC)cn2)nc1. The van der Waals surface area contributed by atoms with E-state index >= 15 is 0 Å². The quantitative estimate of drug-likeness (QED) is 0.380. The van der Waals surface area contributed by atoms with Crippen molar-refractivity contribution in [3.05, 3.63) is 79.9 Å². The van der Waals surface area contributed by atoms with Crippen molar-refractivity contribution in [3.8, 4) is 0 Å². The molecule has 0 aromatic carbocycles. The zero-order chi connectivity index (χ0) is 27.2. The molecule has 10 heteroatoms. The predicted octanol–water partition coefficient (Wildman–Crippen LogP) is 4.17. The van der Waals surface area contributed by atoms with Crippen LogP contribution in [0.15, 0.2) is 51.2 Å². The van der Waals surface area contributed by atoms with Crippen LogP contribution in [0.2, 0.25) is 0 Å². The van der Waals surface area contributed by atoms with Crippen molar-refractivity contribution in [1.29, 1.82) is 0 Å². The van der Waals surface area contributed by atoms with Crippen LogP contribution in [-0.2, 0) is 17.9 Å². The van der Waals surface area contributed by atoms with Gasteiger partial charge in [0.15, 0.2) is 0 Å². The highest BCUT2D eigenvalue weighted by Gasteiger charge is 2.29. The highest BCUT2D eigenvalue weighted by Crippen LogP contribution is 2.33. The van der Waals surface area contributed by atoms with Gasteiger partial charge in [0.2, 0.25) is 0 Å². The molecular formula is C28H34N6O4. The van der Waals surface area contributed by atoms with Gasteiger partial charge in [-0.1, -0.05) is 26.3 Å². The number of methoxy groups -OCH3 is 1. The lowest BCUT2D eigenvalue weighted by Crippen LogP contribution is -2.40. The fourth-order valence-electron chi connectivity index (χ4n) is 4.27. The molecule has 1 N–H and O–H groups in total. The second-order valence-corrected chi connectivity index (χ2v) is 9.47. The number of ether oxygens (including phenoxy) is 1. The molecule has 38 heavy (non-hydrogen) atoms. The number of carbonyl (C=O) groups is 1. The van der Waals surface area contributed by atoms with Crippen molar-refractivity contribution in [2.45, 2.75) is 72.1 Å². The number of carbonyl (C=O) groups excluding carboxylic acids is 1. The van der Waals surface area contributed by atoms with Crippen molar-refractivity contribution in [3.63, 3.8) is 0 Å². The zero-order valence-electron chi connectivity index (χ0n) is 22.4. The summed E-state index contributed by atoms with van der Waals surface area (Å²) in [6.45, 7) is 6.68. The maximum absolute atomic E-state index is 13.2. The second kappa shape index (κ2) is 12.1. The number of pyridine rings is 2. The number of aliphatic imine (C=N–C) groups is 1. The Kier molecular flexibility index (Phi) is 8.62. The van der Waals surface area contributed by atoms with E-state index in [-0.39, 0.29) is 28.9 Å². The summed E-state index contributed by atoms with van der Waals surface area (Å²) >= 11 is 0. The second-order valence-electron chi connectivity index (χ2n) is 9.47. The normalized spacial score (nSPS) is 13.5. The Bertz CT molecular complexity index is 1430. The minimum absolute atomic E-state index is 0.00803. The molecule has 0 atom stereocenters. The van der Waals surface area contributed by atoms with E-state index in [4.69, 9.17) is 9.73 Å². The Balaban J connectivity index is 1.63. The fraction of sp³-hybridized carbons (Fsp3) is 0.429. The van der Waals surface area contributed by atoms with E-state index in [1.165, 1.54) is 4.57 Å². The van der Waals surface area contributed by atoms with Crippen molar-refractivity contribution in [1.82, 2.24) is 19.1 Å². The number of amides is 1. The van der Waals surface area contributed by atoms with Crippen LogP contribution < -0.4 is 16.6 Å². The van der Waals surface area contributed by atoms with Crippen LogP contribution in [0.1, 0.15) is 79.2 Å². The Hall–Kier alpha value is -3.92. The number of anilines is 1. The van der Waals surface area contributed by atoms with Gasteiger partial charge in [0, 0.05) is 37.7 Å². The Morgan fingerprint density at radius 2 is 1.89 bits per heavy atom. The van der Waals surface area contributed by atoms with E-state index < -0.39 is 0 Å². The van der Waals surface area contributed by atoms with Gasteiger partial charge in [-0.05, 0) is 56.4 Å². The molecule has 0 spiro atoms. The average molecular weight is 519 g/mol. The number of aromatic nitrogens is 4. The third kappa shape index (κ3) is 5.96. The van der Waals surface area contributed by atoms with Crippen LogP contribution >= 0.6 is 0 Å². The molecular weight excluding hydrogens is 484 g/mol. The molecule has 1 amide bonds. The molecule has 3 aromatic heterocycles. The van der Waals surface area contributed by atoms with Crippen molar-refractivity contribution >= 4 is 23.3 Å². The third-order valence-electron chi connectivity index (χ3n) is 6.36. The van der Waals surface area contributed by atoms with Gasteiger partial charge in [-0.3, -0.25) is 23.7 Å². The van der Waals surface area contributed by atoms with Crippen LogP contribution in [0.3, 0.4) is 0 Å². The molecule has 1 saturated carbocycles. The number of hydrogen-bond donors (Lipinski definition) is 1. The largest absolute Gasteiger partial charge is 0.380 e. The lowest BCUT2D eigenvalue weighted by atomic mass is 10.1. The standard InChI is InChI=1S/C28H34N6O4/c1-5-7-22(31-25-18(3)27(36)34(21-10-11-21)28(37)33(25)14-6-2)20-9-12-23(29-16-20)26(35)32-24-13-8-19(15-30-24)17-38-4/h8-9,12-13,15-16,21H,5-7,10-11,14,17H2,1-4H3,(H,30,32,35). The molecule has 1 aliphatic carbocycles. The van der Waals surface area contributed by atoms with Gasteiger partial charge in [-0.2, -0.15) is 0 Å². The van der Waals surface area contributed by atoms with Crippen LogP contribution in [0, 0.1) is 6.92 Å². The van der Waals surface area contributed by atoms with Crippen LogP contribution in [0.4, 0.5) is 11.6 Å². The van der Waals surface area contributed by atoms with E-state index in [0.29, 0.717) is 42.5 Å². The summed E-state index contributed by atoms with van der Waals surface area (Å²) < 4.78 is 8.08. The van der Waals surface area contributed by atoms with Gasteiger partial charge in [0.1, 0.15) is 17.3 Å². The highest BCUT2D eigenvalue weighted by atomic mass is 16.5. The Morgan fingerprint density at radius 3 is 2.47 bits per heavy atom. The smallest absolute Gasteiger partial charge is 0.332 e. The molecule has 0 radical (unpaired) electrons. The molecule has 3 aromatic rings. The molecule has 0 bridgehead atoms. The third-order valence-corrected chi connectivity index (χ3v) is 6.36. The summed E-state index contributed by atoms with van der Waals surface area (Å²) in [5, 5.41) is 2.74. The van der Waals surface area contributed by atoms with Crippen LogP contribution in [0.5, 0.6) is 0 Å². The van der Waals surface area contributed by atoms with Crippen molar-refractivity contribution < 1.29 is 9.53 Å². The van der Waals surface area contributed by atoms with Gasteiger partial charge in [-0.15, -0.1) is 0 Å². The molecule has 3 heterocycles. The molecule has 4 rings (SSSR count). The minimum Gasteiger partial charge on any atom is -0.380 e. The fourth-order valence-corrected chi connectivity index (χ4v) is 4.27. The first-order valence-corrected chi connectivity index (χ1v) is 13.0. The number of nitrogens with one attached hydrogen (secondary N) is 1. The first-order valence-electron chi connectivity index (χ1n) is 13.0. The van der Waals surface area contributed by atoms with E-state index in [2.05, 4.69) is 15.3 Å². The topological polar surface area (TPSA) is 120 Å². The van der Waals surface area contributed by atoms with E-state index in [1.807, 2.05) is 19.9 Å². The molecule has 0 saturated heterocycles. The first kappa shape index (κ1) is 27.1. The first-order chi connectivity index (χ1) is 18.4. The minimum atomic E-state index is -0.381. The predicted molar refractivity (Wildman–Crippen MR) is 147 cm³/mol. The monoisotopic (exact) mass is 518 g/mol. The number of rotatable bonds is 11. The molecule has 1 aliphatic rings. The van der Waals surface area contributed by atoms with E-state index in [0.717, 1.165) is 36.8 Å². The molecule has 0 aliphatic heterocycles. The number of nitrogens with zero attached hydrogens (tertiary/aromatic N) is 5. The molecule has 0 unspecified atom stereocenters. The van der Waals surface area contributed by atoms with Gasteiger partial charge < -0.3 is 10.1 Å². The van der Waals surface area contributed by atoms with Crippen LogP contribution in [-0.4, -0.2) is 37.8 Å². The van der Waals surface area contributed by atoms with E-state index in [9.17, 15) is 14.4 Å². The summed E-state index contributed by atoms with van der Waals surface area (Å²) in [5.74, 6) is 0.431. The molecule has 200 valence electrons. The number of hydrogen-bond acceptors (Lipinski definition) is 7. The maximum Gasteiger partial charge on any atom is 0.332 e. The van der Waals surface area contributed by atoms with Crippen molar-refractivity contribution in [2.75, 3.05) is 12.4 Å². The zero-order valence-corrected chi connectivity index (χ0v) is 22.4. The van der Waals surface area contributed by atoms with Gasteiger partial charge >= 0.3 is 5.69 Å². The van der Waals surface area contributed by atoms with Gasteiger partial charge in [0.05, 0.1) is 17.9 Å². The lowest BCUT2D eigenvalue weighted by molar-refractivity contribution is 0.102. The lowest BCUT2D eigenvalue weighted by Gasteiger charge is -2.16. The summed E-state index contributed by atoms with van der Waals surface area (Å²) in [5.41, 5.74) is 2.47. The van der Waals surface area contributed by atoms with Crippen molar-refractivity contribution in [2.24, 2.45) is 4.99 Å². The summed E-state index contributed by atoms with van der Waals surface area (Å²) in [6, 6.07) is 6.95.